The van der Waals surface area contributed by atoms with E-state index < -0.39 is 0 Å². The van der Waals surface area contributed by atoms with Gasteiger partial charge in [0.1, 0.15) is 18.2 Å². The summed E-state index contributed by atoms with van der Waals surface area (Å²) in [5, 5.41) is 4.08. The van der Waals surface area contributed by atoms with Crippen molar-refractivity contribution >= 4 is 11.6 Å². The summed E-state index contributed by atoms with van der Waals surface area (Å²) in [5.41, 5.74) is 1.93. The van der Waals surface area contributed by atoms with Gasteiger partial charge in [-0.3, -0.25) is 0 Å². The molecule has 0 spiro atoms. The van der Waals surface area contributed by atoms with Crippen LogP contribution >= 0.6 is 11.6 Å². The fourth-order valence-corrected chi connectivity index (χ4v) is 3.54. The molecule has 2 aromatic rings. The van der Waals surface area contributed by atoms with Crippen molar-refractivity contribution in [1.29, 1.82) is 0 Å². The highest BCUT2D eigenvalue weighted by molar-refractivity contribution is 6.31. The molecule has 3 rings (SSSR count). The molecule has 0 bridgehead atoms. The lowest BCUT2D eigenvalue weighted by Crippen LogP contribution is -2.28. The topological polar surface area (TPSA) is 21.3 Å². The molecular formula is C21H25ClFNO. The Bertz CT molecular complexity index is 683. The number of nitrogens with one attached hydrogen (secondary N) is 1. The maximum absolute atomic E-state index is 13.1. The fourth-order valence-electron chi connectivity index (χ4n) is 3.32. The highest BCUT2D eigenvalue weighted by Crippen LogP contribution is 2.24. The van der Waals surface area contributed by atoms with Gasteiger partial charge in [0.05, 0.1) is 5.02 Å². The van der Waals surface area contributed by atoms with Gasteiger partial charge in [0.25, 0.3) is 0 Å². The van der Waals surface area contributed by atoms with Crippen LogP contribution in [-0.4, -0.2) is 6.04 Å². The Morgan fingerprint density at radius 3 is 2.52 bits per heavy atom. The highest BCUT2D eigenvalue weighted by Gasteiger charge is 2.13. The molecular weight excluding hydrogens is 337 g/mol. The second kappa shape index (κ2) is 9.21. The SMILES string of the molecule is Fc1ccc(COc2ccccc2CNC2CCCCCC2)c(Cl)c1. The molecule has 0 aromatic heterocycles. The van der Waals surface area contributed by atoms with Crippen LogP contribution in [0.4, 0.5) is 4.39 Å². The van der Waals surface area contributed by atoms with Crippen LogP contribution in [-0.2, 0) is 13.2 Å². The average molecular weight is 362 g/mol. The zero-order valence-corrected chi connectivity index (χ0v) is 15.2. The predicted molar refractivity (Wildman–Crippen MR) is 101 cm³/mol. The van der Waals surface area contributed by atoms with E-state index in [1.54, 1.807) is 6.07 Å². The summed E-state index contributed by atoms with van der Waals surface area (Å²) in [5.74, 6) is 0.519. The number of benzene rings is 2. The monoisotopic (exact) mass is 361 g/mol. The summed E-state index contributed by atoms with van der Waals surface area (Å²) >= 11 is 6.08. The minimum Gasteiger partial charge on any atom is -0.489 e. The summed E-state index contributed by atoms with van der Waals surface area (Å²) in [4.78, 5) is 0. The van der Waals surface area contributed by atoms with E-state index >= 15 is 0 Å². The predicted octanol–water partition coefficient (Wildman–Crippen LogP) is 5.87. The molecule has 1 fully saturated rings. The van der Waals surface area contributed by atoms with Crippen LogP contribution in [0, 0.1) is 5.82 Å². The standard InChI is InChI=1S/C21H25ClFNO/c22-20-13-18(23)12-11-17(20)15-25-21-10-6-5-7-16(21)14-24-19-8-3-1-2-4-9-19/h5-7,10-13,19,24H,1-4,8-9,14-15H2. The van der Waals surface area contributed by atoms with E-state index in [4.69, 9.17) is 16.3 Å². The minimum atomic E-state index is -0.332. The third-order valence-electron chi connectivity index (χ3n) is 4.81. The molecule has 0 amide bonds. The van der Waals surface area contributed by atoms with Crippen LogP contribution in [0.1, 0.15) is 49.7 Å². The highest BCUT2D eigenvalue weighted by atomic mass is 35.5. The largest absolute Gasteiger partial charge is 0.489 e. The first-order valence-corrected chi connectivity index (χ1v) is 9.48. The summed E-state index contributed by atoms with van der Waals surface area (Å²) < 4.78 is 19.1. The van der Waals surface area contributed by atoms with Gasteiger partial charge in [-0.1, -0.05) is 61.5 Å². The van der Waals surface area contributed by atoms with E-state index in [2.05, 4.69) is 11.4 Å². The third-order valence-corrected chi connectivity index (χ3v) is 5.16. The number of hydrogen-bond acceptors (Lipinski definition) is 2. The van der Waals surface area contributed by atoms with Gasteiger partial charge in [0, 0.05) is 23.7 Å². The molecule has 2 aromatic carbocycles. The van der Waals surface area contributed by atoms with Crippen molar-refractivity contribution in [2.75, 3.05) is 0 Å². The Balaban J connectivity index is 1.60. The molecule has 0 heterocycles. The Morgan fingerprint density at radius 2 is 1.76 bits per heavy atom. The van der Waals surface area contributed by atoms with Gasteiger partial charge in [-0.2, -0.15) is 0 Å². The van der Waals surface area contributed by atoms with Crippen molar-refractivity contribution in [3.8, 4) is 5.75 Å². The van der Waals surface area contributed by atoms with E-state index in [-0.39, 0.29) is 5.82 Å². The van der Waals surface area contributed by atoms with E-state index in [9.17, 15) is 4.39 Å². The normalized spacial score (nSPS) is 15.8. The number of ether oxygens (including phenoxy) is 1. The van der Waals surface area contributed by atoms with Crippen LogP contribution in [0.3, 0.4) is 0 Å². The lowest BCUT2D eigenvalue weighted by atomic mass is 10.1. The molecule has 4 heteroatoms. The van der Waals surface area contributed by atoms with E-state index in [1.165, 1.54) is 50.7 Å². The second-order valence-electron chi connectivity index (χ2n) is 6.70. The summed E-state index contributed by atoms with van der Waals surface area (Å²) in [6.45, 7) is 1.14. The quantitative estimate of drug-likeness (QED) is 0.649. The Kier molecular flexibility index (Phi) is 6.71. The van der Waals surface area contributed by atoms with Crippen molar-refractivity contribution in [2.24, 2.45) is 0 Å². The maximum Gasteiger partial charge on any atom is 0.124 e. The van der Waals surface area contributed by atoms with Crippen LogP contribution in [0.15, 0.2) is 42.5 Å². The number of halogens is 2. The first-order valence-electron chi connectivity index (χ1n) is 9.10. The molecule has 0 radical (unpaired) electrons. The molecule has 2 nitrogen and oxygen atoms in total. The first kappa shape index (κ1) is 18.2. The molecule has 0 aliphatic heterocycles. The molecule has 1 aliphatic carbocycles. The van der Waals surface area contributed by atoms with Gasteiger partial charge in [-0.05, 0) is 31.0 Å². The minimum absolute atomic E-state index is 0.332. The lowest BCUT2D eigenvalue weighted by molar-refractivity contribution is 0.301. The lowest BCUT2D eigenvalue weighted by Gasteiger charge is -2.18. The molecule has 134 valence electrons. The molecule has 1 N–H and O–H groups in total. The summed E-state index contributed by atoms with van der Waals surface area (Å²) in [6.07, 6.45) is 7.87. The second-order valence-corrected chi connectivity index (χ2v) is 7.11. The number of hydrogen-bond donors (Lipinski definition) is 1. The molecule has 0 unspecified atom stereocenters. The van der Waals surface area contributed by atoms with Crippen LogP contribution < -0.4 is 10.1 Å². The van der Waals surface area contributed by atoms with Gasteiger partial charge in [0.2, 0.25) is 0 Å². The maximum atomic E-state index is 13.1. The Hall–Kier alpha value is -1.58. The summed E-state index contributed by atoms with van der Waals surface area (Å²) in [7, 11) is 0. The van der Waals surface area contributed by atoms with Gasteiger partial charge < -0.3 is 10.1 Å². The number of rotatable bonds is 6. The fraction of sp³-hybridized carbons (Fsp3) is 0.429. The molecule has 25 heavy (non-hydrogen) atoms. The van der Waals surface area contributed by atoms with Gasteiger partial charge in [0.15, 0.2) is 0 Å². The van der Waals surface area contributed by atoms with Crippen molar-refractivity contribution < 1.29 is 9.13 Å². The van der Waals surface area contributed by atoms with Crippen molar-refractivity contribution in [3.63, 3.8) is 0 Å². The van der Waals surface area contributed by atoms with Crippen molar-refractivity contribution in [1.82, 2.24) is 5.32 Å². The molecule has 0 saturated heterocycles. The zero-order chi connectivity index (χ0) is 17.5. The zero-order valence-electron chi connectivity index (χ0n) is 14.4. The molecule has 0 atom stereocenters. The third kappa shape index (κ3) is 5.45. The Labute approximate surface area is 154 Å². The average Bonchev–Trinajstić information content (AvgIpc) is 2.89. The van der Waals surface area contributed by atoms with Crippen LogP contribution in [0.2, 0.25) is 5.02 Å². The molecule has 1 saturated carbocycles. The Morgan fingerprint density at radius 1 is 1.00 bits per heavy atom. The number of para-hydroxylation sites is 1. The van der Waals surface area contributed by atoms with Gasteiger partial charge >= 0.3 is 0 Å². The summed E-state index contributed by atoms with van der Waals surface area (Å²) in [6, 6.07) is 13.1. The van der Waals surface area contributed by atoms with Crippen molar-refractivity contribution in [3.05, 3.63) is 64.4 Å². The van der Waals surface area contributed by atoms with E-state index in [1.807, 2.05) is 18.2 Å². The van der Waals surface area contributed by atoms with Crippen molar-refractivity contribution in [2.45, 2.75) is 57.7 Å². The smallest absolute Gasteiger partial charge is 0.124 e. The first-order chi connectivity index (χ1) is 12.2. The van der Waals surface area contributed by atoms with Gasteiger partial charge in [-0.15, -0.1) is 0 Å². The van der Waals surface area contributed by atoms with Crippen LogP contribution in [0.5, 0.6) is 5.75 Å². The van der Waals surface area contributed by atoms with Crippen LogP contribution in [0.25, 0.3) is 0 Å². The van der Waals surface area contributed by atoms with E-state index in [0.29, 0.717) is 17.7 Å². The molecule has 1 aliphatic rings. The van der Waals surface area contributed by atoms with Gasteiger partial charge in [-0.25, -0.2) is 4.39 Å². The van der Waals surface area contributed by atoms with E-state index in [0.717, 1.165) is 23.4 Å².